The predicted octanol–water partition coefficient (Wildman–Crippen LogP) is 1.64. The number of hydrogen-bond acceptors (Lipinski definition) is 3. The molecule has 1 aromatic carbocycles. The molecule has 0 aliphatic heterocycles. The Morgan fingerprint density at radius 3 is 3.27 bits per heavy atom. The number of aromatic nitrogens is 1. The molecule has 0 aliphatic rings. The third kappa shape index (κ3) is 0.941. The van der Waals surface area contributed by atoms with Crippen LogP contribution in [0.3, 0.4) is 0 Å². The Morgan fingerprint density at radius 2 is 2.45 bits per heavy atom. The minimum atomic E-state index is 0.629. The van der Waals surface area contributed by atoms with Crippen molar-refractivity contribution in [3.05, 3.63) is 24.6 Å². The van der Waals surface area contributed by atoms with Gasteiger partial charge in [0.05, 0.1) is 13.2 Å². The van der Waals surface area contributed by atoms with Crippen molar-refractivity contribution in [2.24, 2.45) is 0 Å². The van der Waals surface area contributed by atoms with Crippen LogP contribution in [0.1, 0.15) is 0 Å². The summed E-state index contributed by atoms with van der Waals surface area (Å²) in [5, 5.41) is 0. The lowest BCUT2D eigenvalue weighted by Crippen LogP contribution is -1.80. The zero-order chi connectivity index (χ0) is 7.68. The van der Waals surface area contributed by atoms with Gasteiger partial charge < -0.3 is 9.15 Å². The van der Waals surface area contributed by atoms with E-state index in [2.05, 4.69) is 11.1 Å². The van der Waals surface area contributed by atoms with Gasteiger partial charge >= 0.3 is 0 Å². The van der Waals surface area contributed by atoms with Crippen LogP contribution in [0.15, 0.2) is 22.9 Å². The second-order valence-corrected chi connectivity index (χ2v) is 2.09. The van der Waals surface area contributed by atoms with E-state index in [1.807, 2.05) is 6.07 Å². The van der Waals surface area contributed by atoms with Gasteiger partial charge in [-0.2, -0.15) is 0 Å². The smallest absolute Gasteiger partial charge is 0.182 e. The highest BCUT2D eigenvalue weighted by atomic mass is 16.5. The average molecular weight is 148 g/mol. The van der Waals surface area contributed by atoms with Crippen molar-refractivity contribution in [3.63, 3.8) is 0 Å². The summed E-state index contributed by atoms with van der Waals surface area (Å²) in [5.74, 6) is 0.661. The molecular weight excluding hydrogens is 142 g/mol. The van der Waals surface area contributed by atoms with Gasteiger partial charge in [-0.05, 0) is 12.1 Å². The van der Waals surface area contributed by atoms with Gasteiger partial charge in [0.1, 0.15) is 11.3 Å². The fraction of sp³-hybridized carbons (Fsp3) is 0.125. The van der Waals surface area contributed by atoms with Crippen molar-refractivity contribution in [2.45, 2.75) is 0 Å². The largest absolute Gasteiger partial charge is 0.496 e. The van der Waals surface area contributed by atoms with Crippen LogP contribution < -0.4 is 4.74 Å². The van der Waals surface area contributed by atoms with E-state index in [0.717, 1.165) is 5.52 Å². The number of benzene rings is 1. The maximum absolute atomic E-state index is 5.01. The van der Waals surface area contributed by atoms with Gasteiger partial charge in [-0.15, -0.1) is 0 Å². The first-order valence-corrected chi connectivity index (χ1v) is 3.19. The number of methoxy groups -OCH3 is 1. The molecular formula is C8H6NO2. The van der Waals surface area contributed by atoms with Gasteiger partial charge in [0.25, 0.3) is 0 Å². The lowest BCUT2D eigenvalue weighted by atomic mass is 10.3. The Morgan fingerprint density at radius 1 is 1.55 bits per heavy atom. The van der Waals surface area contributed by atoms with Crippen molar-refractivity contribution in [2.75, 3.05) is 7.11 Å². The fourth-order valence-corrected chi connectivity index (χ4v) is 0.894. The van der Waals surface area contributed by atoms with Gasteiger partial charge in [0.15, 0.2) is 12.0 Å². The molecule has 3 nitrogen and oxygen atoms in total. The normalized spacial score (nSPS) is 10.3. The molecule has 0 saturated carbocycles. The number of rotatable bonds is 1. The van der Waals surface area contributed by atoms with E-state index < -0.39 is 0 Å². The molecule has 11 heavy (non-hydrogen) atoms. The Labute approximate surface area is 63.6 Å². The molecule has 55 valence electrons. The fourth-order valence-electron chi connectivity index (χ4n) is 0.894. The van der Waals surface area contributed by atoms with Gasteiger partial charge in [0.2, 0.25) is 0 Å². The van der Waals surface area contributed by atoms with E-state index in [4.69, 9.17) is 9.15 Å². The van der Waals surface area contributed by atoms with E-state index in [1.54, 1.807) is 13.2 Å². The second-order valence-electron chi connectivity index (χ2n) is 2.09. The number of hydrogen-bond donors (Lipinski definition) is 0. The number of ether oxygens (including phenoxy) is 1. The van der Waals surface area contributed by atoms with Gasteiger partial charge in [0, 0.05) is 0 Å². The van der Waals surface area contributed by atoms with Crippen LogP contribution >= 0.6 is 0 Å². The lowest BCUT2D eigenvalue weighted by Gasteiger charge is -1.94. The first-order chi connectivity index (χ1) is 5.40. The molecule has 2 rings (SSSR count). The Kier molecular flexibility index (Phi) is 1.28. The molecule has 0 spiro atoms. The van der Waals surface area contributed by atoms with E-state index in [1.165, 1.54) is 6.39 Å². The summed E-state index contributed by atoms with van der Waals surface area (Å²) in [5.41, 5.74) is 1.43. The highest BCUT2D eigenvalue weighted by Crippen LogP contribution is 2.17. The third-order valence-corrected chi connectivity index (χ3v) is 1.44. The van der Waals surface area contributed by atoms with Crippen molar-refractivity contribution in [3.8, 4) is 5.75 Å². The molecule has 0 saturated heterocycles. The number of nitrogens with zero attached hydrogens (tertiary/aromatic N) is 1. The quantitative estimate of drug-likeness (QED) is 0.616. The number of fused-ring (bicyclic) bond motifs is 1. The molecule has 0 N–H and O–H groups in total. The molecule has 0 atom stereocenters. The molecule has 0 bridgehead atoms. The van der Waals surface area contributed by atoms with Crippen molar-refractivity contribution in [1.82, 2.24) is 4.98 Å². The summed E-state index contributed by atoms with van der Waals surface area (Å²) in [6.45, 7) is 0. The van der Waals surface area contributed by atoms with Gasteiger partial charge in [-0.3, -0.25) is 0 Å². The van der Waals surface area contributed by atoms with Crippen LogP contribution in [0, 0.1) is 6.07 Å². The van der Waals surface area contributed by atoms with Crippen LogP contribution in [-0.2, 0) is 0 Å². The molecule has 1 aromatic heterocycles. The summed E-state index contributed by atoms with van der Waals surface area (Å²) in [6, 6.07) is 6.53. The van der Waals surface area contributed by atoms with Crippen LogP contribution in [0.4, 0.5) is 0 Å². The van der Waals surface area contributed by atoms with Crippen molar-refractivity contribution in [1.29, 1.82) is 0 Å². The topological polar surface area (TPSA) is 35.3 Å². The Bertz CT molecular complexity index is 367. The number of oxazole rings is 1. The Balaban J connectivity index is 2.67. The molecule has 0 aliphatic carbocycles. The second kappa shape index (κ2) is 2.27. The molecule has 0 amide bonds. The van der Waals surface area contributed by atoms with E-state index in [0.29, 0.717) is 11.3 Å². The monoisotopic (exact) mass is 148 g/mol. The standard InChI is InChI=1S/C8H6NO2/c1-10-6-2-3-7-8(4-6)11-5-9-7/h2-3,5H,1H3. The molecule has 2 aromatic rings. The first-order valence-electron chi connectivity index (χ1n) is 3.19. The van der Waals surface area contributed by atoms with E-state index >= 15 is 0 Å². The molecule has 1 heterocycles. The SMILES string of the molecule is COc1[c]c2ocnc2cc1. The Hall–Kier alpha value is -1.51. The first kappa shape index (κ1) is 6.22. The van der Waals surface area contributed by atoms with Crippen LogP contribution in [0.25, 0.3) is 11.1 Å². The highest BCUT2D eigenvalue weighted by molar-refractivity contribution is 5.72. The van der Waals surface area contributed by atoms with Gasteiger partial charge in [-0.25, -0.2) is 4.98 Å². The van der Waals surface area contributed by atoms with Crippen LogP contribution in [0.2, 0.25) is 0 Å². The molecule has 1 radical (unpaired) electrons. The van der Waals surface area contributed by atoms with Crippen LogP contribution in [0.5, 0.6) is 5.75 Å². The minimum Gasteiger partial charge on any atom is -0.496 e. The zero-order valence-electron chi connectivity index (χ0n) is 6.00. The average Bonchev–Trinajstić information content (AvgIpc) is 2.50. The summed E-state index contributed by atoms with van der Waals surface area (Å²) >= 11 is 0. The zero-order valence-corrected chi connectivity index (χ0v) is 6.00. The van der Waals surface area contributed by atoms with E-state index in [-0.39, 0.29) is 0 Å². The molecule has 3 heteroatoms. The summed E-state index contributed by atoms with van der Waals surface area (Å²) < 4.78 is 9.96. The predicted molar refractivity (Wildman–Crippen MR) is 39.4 cm³/mol. The van der Waals surface area contributed by atoms with Crippen LogP contribution in [-0.4, -0.2) is 12.1 Å². The maximum Gasteiger partial charge on any atom is 0.182 e. The van der Waals surface area contributed by atoms with Crippen molar-refractivity contribution < 1.29 is 9.15 Å². The minimum absolute atomic E-state index is 0.629. The maximum atomic E-state index is 5.01. The summed E-state index contributed by atoms with van der Waals surface area (Å²) in [6.07, 6.45) is 1.39. The van der Waals surface area contributed by atoms with Gasteiger partial charge in [-0.1, -0.05) is 0 Å². The summed E-state index contributed by atoms with van der Waals surface area (Å²) in [4.78, 5) is 3.94. The van der Waals surface area contributed by atoms with Crippen molar-refractivity contribution >= 4 is 11.1 Å². The lowest BCUT2D eigenvalue weighted by molar-refractivity contribution is 0.413. The third-order valence-electron chi connectivity index (χ3n) is 1.44. The summed E-state index contributed by atoms with van der Waals surface area (Å²) in [7, 11) is 1.59. The highest BCUT2D eigenvalue weighted by Gasteiger charge is 1.99. The molecule has 0 fully saturated rings. The molecule has 0 unspecified atom stereocenters. The van der Waals surface area contributed by atoms with E-state index in [9.17, 15) is 0 Å².